The molecule has 1 amide bonds. The Morgan fingerprint density at radius 2 is 1.64 bits per heavy atom. The number of halogens is 2. The first-order valence-corrected chi connectivity index (χ1v) is 8.91. The number of ether oxygens (including phenoxy) is 2. The molecule has 0 saturated carbocycles. The third-order valence-corrected chi connectivity index (χ3v) is 3.85. The van der Waals surface area contributed by atoms with Gasteiger partial charge in [-0.05, 0) is 49.1 Å². The van der Waals surface area contributed by atoms with Crippen molar-refractivity contribution in [1.82, 2.24) is 0 Å². The van der Waals surface area contributed by atoms with Crippen LogP contribution in [0, 0.1) is 5.92 Å². The number of esters is 1. The zero-order valence-corrected chi connectivity index (χ0v) is 15.9. The second kappa shape index (κ2) is 9.82. The number of rotatable bonds is 8. The summed E-state index contributed by atoms with van der Waals surface area (Å²) < 4.78 is 34.4. The summed E-state index contributed by atoms with van der Waals surface area (Å²) in [6, 6.07) is 12.8. The van der Waals surface area contributed by atoms with Crippen LogP contribution in [0.1, 0.15) is 36.7 Å². The number of nitrogens with one attached hydrogen (secondary N) is 1. The summed E-state index contributed by atoms with van der Waals surface area (Å²) in [5.41, 5.74) is 1.50. The fourth-order valence-electron chi connectivity index (χ4n) is 2.53. The van der Waals surface area contributed by atoms with Crippen LogP contribution in [-0.4, -0.2) is 24.6 Å². The van der Waals surface area contributed by atoms with Crippen molar-refractivity contribution < 1.29 is 27.8 Å². The molecule has 2 aromatic rings. The Balaban J connectivity index is 1.98. The molecule has 0 aliphatic rings. The third-order valence-electron chi connectivity index (χ3n) is 3.85. The highest BCUT2D eigenvalue weighted by Gasteiger charge is 2.21. The fourth-order valence-corrected chi connectivity index (χ4v) is 2.53. The highest BCUT2D eigenvalue weighted by Crippen LogP contribution is 2.25. The minimum atomic E-state index is -3.02. The van der Waals surface area contributed by atoms with E-state index in [2.05, 4.69) is 23.9 Å². The van der Waals surface area contributed by atoms with E-state index in [1.807, 2.05) is 12.1 Å². The topological polar surface area (TPSA) is 64.6 Å². The molecule has 7 heteroatoms. The van der Waals surface area contributed by atoms with Crippen molar-refractivity contribution in [2.75, 3.05) is 5.32 Å². The molecule has 0 spiro atoms. The molecule has 2 rings (SSSR count). The number of hydrogen-bond acceptors (Lipinski definition) is 4. The largest absolute Gasteiger partial charge is 0.449 e. The molecule has 0 bridgehead atoms. The Bertz CT molecular complexity index is 806. The maximum Gasteiger partial charge on any atom is 0.387 e. The zero-order valence-electron chi connectivity index (χ0n) is 15.9. The molecule has 150 valence electrons. The lowest BCUT2D eigenvalue weighted by atomic mass is 10.0. The summed E-state index contributed by atoms with van der Waals surface area (Å²) in [4.78, 5) is 24.5. The van der Waals surface area contributed by atoms with E-state index < -0.39 is 24.6 Å². The second-order valence-electron chi connectivity index (χ2n) is 6.71. The number of alkyl halides is 2. The molecule has 0 aliphatic heterocycles. The zero-order chi connectivity index (χ0) is 20.7. The number of benzene rings is 2. The van der Waals surface area contributed by atoms with Gasteiger partial charge in [0.05, 0.1) is 11.3 Å². The predicted molar refractivity (Wildman–Crippen MR) is 102 cm³/mol. The summed E-state index contributed by atoms with van der Waals surface area (Å²) in [5.74, 6) is -0.977. The van der Waals surface area contributed by atoms with Crippen LogP contribution in [0.15, 0.2) is 48.5 Å². The van der Waals surface area contributed by atoms with Crippen molar-refractivity contribution in [1.29, 1.82) is 0 Å². The van der Waals surface area contributed by atoms with Gasteiger partial charge in [-0.25, -0.2) is 4.79 Å². The van der Waals surface area contributed by atoms with Gasteiger partial charge < -0.3 is 14.8 Å². The number of para-hydroxylation sites is 2. The monoisotopic (exact) mass is 391 g/mol. The molecule has 1 N–H and O–H groups in total. The Morgan fingerprint density at radius 1 is 1.00 bits per heavy atom. The summed E-state index contributed by atoms with van der Waals surface area (Å²) in [6.07, 6.45) is -0.226. The standard InChI is InChI=1S/C21H23F2NO4/c1-13(2)12-15-8-10-16(11-9-15)20(26)27-14(3)19(25)24-17-6-4-5-7-18(17)28-21(22)23/h4-11,13-14,21H,12H2,1-3H3,(H,24,25)/t14-/m1/s1. The Kier molecular flexibility index (Phi) is 7.49. The average molecular weight is 391 g/mol. The average Bonchev–Trinajstić information content (AvgIpc) is 2.62. The number of amides is 1. The van der Waals surface area contributed by atoms with Gasteiger partial charge in [0.2, 0.25) is 0 Å². The smallest absolute Gasteiger partial charge is 0.387 e. The lowest BCUT2D eigenvalue weighted by Gasteiger charge is -2.16. The Hall–Kier alpha value is -2.96. The van der Waals surface area contributed by atoms with Crippen molar-refractivity contribution in [3.8, 4) is 5.75 Å². The van der Waals surface area contributed by atoms with Gasteiger partial charge in [0, 0.05) is 0 Å². The molecule has 28 heavy (non-hydrogen) atoms. The van der Waals surface area contributed by atoms with Crippen LogP contribution in [0.5, 0.6) is 5.75 Å². The molecular weight excluding hydrogens is 368 g/mol. The number of carbonyl (C=O) groups is 2. The van der Waals surface area contributed by atoms with Crippen molar-refractivity contribution in [3.63, 3.8) is 0 Å². The van der Waals surface area contributed by atoms with E-state index in [9.17, 15) is 18.4 Å². The van der Waals surface area contributed by atoms with Crippen LogP contribution in [-0.2, 0) is 16.0 Å². The van der Waals surface area contributed by atoms with Crippen molar-refractivity contribution in [2.45, 2.75) is 39.9 Å². The summed E-state index contributed by atoms with van der Waals surface area (Å²) in [7, 11) is 0. The van der Waals surface area contributed by atoms with Crippen molar-refractivity contribution in [3.05, 3.63) is 59.7 Å². The molecule has 0 saturated heterocycles. The molecular formula is C21H23F2NO4. The summed E-state index contributed by atoms with van der Waals surface area (Å²) >= 11 is 0. The highest BCUT2D eigenvalue weighted by atomic mass is 19.3. The van der Waals surface area contributed by atoms with Crippen LogP contribution in [0.4, 0.5) is 14.5 Å². The number of anilines is 1. The SMILES string of the molecule is CC(C)Cc1ccc(C(=O)O[C@H](C)C(=O)Nc2ccccc2OC(F)F)cc1. The molecule has 0 aromatic heterocycles. The third kappa shape index (κ3) is 6.33. The normalized spacial score (nSPS) is 12.0. The maximum absolute atomic E-state index is 12.5. The van der Waals surface area contributed by atoms with Gasteiger partial charge >= 0.3 is 12.6 Å². The van der Waals surface area contributed by atoms with E-state index in [1.165, 1.54) is 25.1 Å². The predicted octanol–water partition coefficient (Wildman–Crippen LogP) is 4.67. The van der Waals surface area contributed by atoms with E-state index >= 15 is 0 Å². The molecule has 0 aliphatic carbocycles. The van der Waals surface area contributed by atoms with Crippen LogP contribution >= 0.6 is 0 Å². The van der Waals surface area contributed by atoms with E-state index in [1.54, 1.807) is 18.2 Å². The molecule has 0 heterocycles. The van der Waals surface area contributed by atoms with E-state index in [4.69, 9.17) is 4.74 Å². The van der Waals surface area contributed by atoms with Crippen LogP contribution in [0.25, 0.3) is 0 Å². The molecule has 0 unspecified atom stereocenters. The molecule has 5 nitrogen and oxygen atoms in total. The summed E-state index contributed by atoms with van der Waals surface area (Å²) in [5, 5.41) is 2.43. The van der Waals surface area contributed by atoms with Crippen molar-refractivity contribution >= 4 is 17.6 Å². The van der Waals surface area contributed by atoms with Gasteiger partial charge in [0.1, 0.15) is 5.75 Å². The van der Waals surface area contributed by atoms with E-state index in [0.29, 0.717) is 11.5 Å². The minimum absolute atomic E-state index is 0.0636. The minimum Gasteiger partial charge on any atom is -0.449 e. The van der Waals surface area contributed by atoms with Gasteiger partial charge in [-0.3, -0.25) is 4.79 Å². The van der Waals surface area contributed by atoms with Gasteiger partial charge in [-0.2, -0.15) is 8.78 Å². The van der Waals surface area contributed by atoms with Gasteiger partial charge in [0.15, 0.2) is 6.10 Å². The highest BCUT2D eigenvalue weighted by molar-refractivity contribution is 5.98. The lowest BCUT2D eigenvalue weighted by Crippen LogP contribution is -2.30. The van der Waals surface area contributed by atoms with E-state index in [-0.39, 0.29) is 11.4 Å². The van der Waals surface area contributed by atoms with Crippen LogP contribution in [0.3, 0.4) is 0 Å². The van der Waals surface area contributed by atoms with Crippen molar-refractivity contribution in [2.24, 2.45) is 5.92 Å². The van der Waals surface area contributed by atoms with Gasteiger partial charge in [-0.15, -0.1) is 0 Å². The maximum atomic E-state index is 12.5. The summed E-state index contributed by atoms with van der Waals surface area (Å²) in [6.45, 7) is 2.59. The van der Waals surface area contributed by atoms with Crippen LogP contribution < -0.4 is 10.1 Å². The lowest BCUT2D eigenvalue weighted by molar-refractivity contribution is -0.123. The molecule has 0 radical (unpaired) electrons. The number of carbonyl (C=O) groups excluding carboxylic acids is 2. The quantitative estimate of drug-likeness (QED) is 0.664. The first-order valence-electron chi connectivity index (χ1n) is 8.91. The molecule has 1 atom stereocenters. The van der Waals surface area contributed by atoms with Gasteiger partial charge in [0.25, 0.3) is 5.91 Å². The second-order valence-corrected chi connectivity index (χ2v) is 6.71. The Morgan fingerprint density at radius 3 is 2.25 bits per heavy atom. The molecule has 2 aromatic carbocycles. The van der Waals surface area contributed by atoms with E-state index in [0.717, 1.165) is 12.0 Å². The Labute approximate surface area is 162 Å². The first-order chi connectivity index (χ1) is 13.3. The van der Waals surface area contributed by atoms with Gasteiger partial charge in [-0.1, -0.05) is 38.1 Å². The number of hydrogen-bond donors (Lipinski definition) is 1. The fraction of sp³-hybridized carbons (Fsp3) is 0.333. The molecule has 0 fully saturated rings. The van der Waals surface area contributed by atoms with Crippen LogP contribution in [0.2, 0.25) is 0 Å². The first kappa shape index (κ1) is 21.3.